The third-order valence-electron chi connectivity index (χ3n) is 5.17. The molecular weight excluding hydrogens is 347 g/mol. The summed E-state index contributed by atoms with van der Waals surface area (Å²) in [6, 6.07) is 19.2. The largest absolute Gasteiger partial charge is 0.382 e. The molecule has 134 valence electrons. The van der Waals surface area contributed by atoms with Gasteiger partial charge in [0.05, 0.1) is 6.10 Å². The number of methoxy groups -OCH3 is 1. The lowest BCUT2D eigenvalue weighted by Crippen LogP contribution is -2.35. The Labute approximate surface area is 157 Å². The van der Waals surface area contributed by atoms with Gasteiger partial charge >= 0.3 is 0 Å². The third-order valence-corrected chi connectivity index (χ3v) is 6.13. The molecule has 2 atom stereocenters. The summed E-state index contributed by atoms with van der Waals surface area (Å²) in [7, 11) is 1.60. The Bertz CT molecular complexity index is 942. The molecule has 3 aromatic rings. The summed E-state index contributed by atoms with van der Waals surface area (Å²) in [4.78, 5) is 1.83. The molecule has 0 aromatic heterocycles. The van der Waals surface area contributed by atoms with Crippen molar-refractivity contribution in [2.24, 2.45) is 0 Å². The van der Waals surface area contributed by atoms with Crippen molar-refractivity contribution < 1.29 is 14.2 Å². The highest BCUT2D eigenvalue weighted by atomic mass is 32.2. The van der Waals surface area contributed by atoms with E-state index in [1.165, 1.54) is 29.3 Å². The van der Waals surface area contributed by atoms with Gasteiger partial charge in [0.1, 0.15) is 11.4 Å². The predicted molar refractivity (Wildman–Crippen MR) is 103 cm³/mol. The van der Waals surface area contributed by atoms with Gasteiger partial charge in [0.25, 0.3) is 0 Å². The van der Waals surface area contributed by atoms with Crippen molar-refractivity contribution >= 4 is 22.5 Å². The molecule has 1 aliphatic rings. The first kappa shape index (κ1) is 17.5. The molecule has 2 nitrogen and oxygen atoms in total. The molecule has 4 heteroatoms. The van der Waals surface area contributed by atoms with Gasteiger partial charge < -0.3 is 9.84 Å². The molecule has 0 saturated heterocycles. The van der Waals surface area contributed by atoms with Crippen LogP contribution in [0.3, 0.4) is 0 Å². The van der Waals surface area contributed by atoms with Crippen molar-refractivity contribution in [2.45, 2.75) is 40.8 Å². The number of ether oxygens (including phenoxy) is 1. The second-order valence-corrected chi connectivity index (χ2v) is 7.97. The second kappa shape index (κ2) is 7.03. The van der Waals surface area contributed by atoms with Crippen LogP contribution >= 0.6 is 11.8 Å². The van der Waals surface area contributed by atoms with Gasteiger partial charge in [-0.05, 0) is 65.9 Å². The fourth-order valence-corrected chi connectivity index (χ4v) is 4.79. The van der Waals surface area contributed by atoms with Crippen LogP contribution in [0.5, 0.6) is 0 Å². The molecule has 0 aliphatic heterocycles. The Morgan fingerprint density at radius 1 is 1.04 bits per heavy atom. The number of hydrogen-bond acceptors (Lipinski definition) is 3. The Hall–Kier alpha value is -1.88. The summed E-state index contributed by atoms with van der Waals surface area (Å²) in [5, 5.41) is 13.4. The van der Waals surface area contributed by atoms with Crippen LogP contribution in [0, 0.1) is 5.82 Å². The fourth-order valence-electron chi connectivity index (χ4n) is 3.84. The van der Waals surface area contributed by atoms with E-state index in [1.54, 1.807) is 7.11 Å². The van der Waals surface area contributed by atoms with Crippen LogP contribution in [-0.2, 0) is 10.3 Å². The normalized spacial score (nSPS) is 22.8. The zero-order valence-electron chi connectivity index (χ0n) is 14.6. The number of fused-ring (bicyclic) bond motifs is 1. The minimum atomic E-state index is -1.12. The lowest BCUT2D eigenvalue weighted by molar-refractivity contribution is -0.0779. The highest BCUT2D eigenvalue weighted by Gasteiger charge is 2.43. The van der Waals surface area contributed by atoms with Crippen molar-refractivity contribution in [3.05, 3.63) is 72.0 Å². The van der Waals surface area contributed by atoms with Crippen LogP contribution in [0.25, 0.3) is 10.8 Å². The zero-order chi connectivity index (χ0) is 18.1. The van der Waals surface area contributed by atoms with Gasteiger partial charge in [-0.1, -0.05) is 42.1 Å². The average Bonchev–Trinajstić information content (AvgIpc) is 3.03. The van der Waals surface area contributed by atoms with Crippen LogP contribution < -0.4 is 0 Å². The molecule has 0 spiro atoms. The molecule has 3 aromatic carbocycles. The maximum absolute atomic E-state index is 14.3. The van der Waals surface area contributed by atoms with E-state index >= 15 is 0 Å². The molecule has 1 N–H and O–H groups in total. The van der Waals surface area contributed by atoms with Crippen LogP contribution in [0.2, 0.25) is 0 Å². The number of benzene rings is 3. The molecular formula is C22H21FO2S. The van der Waals surface area contributed by atoms with Crippen LogP contribution in [0.4, 0.5) is 4.39 Å². The van der Waals surface area contributed by atoms with Gasteiger partial charge in [-0.2, -0.15) is 0 Å². The maximum Gasteiger partial charge on any atom is 0.124 e. The molecule has 4 rings (SSSR count). The lowest BCUT2D eigenvalue weighted by Gasteiger charge is -2.30. The van der Waals surface area contributed by atoms with Crippen LogP contribution in [-0.4, -0.2) is 18.3 Å². The van der Waals surface area contributed by atoms with Gasteiger partial charge in [0, 0.05) is 16.9 Å². The molecule has 26 heavy (non-hydrogen) atoms. The van der Waals surface area contributed by atoms with E-state index in [0.717, 1.165) is 28.0 Å². The van der Waals surface area contributed by atoms with Crippen molar-refractivity contribution in [1.29, 1.82) is 0 Å². The van der Waals surface area contributed by atoms with Gasteiger partial charge in [0.2, 0.25) is 0 Å². The first-order valence-corrected chi connectivity index (χ1v) is 9.63. The summed E-state index contributed by atoms with van der Waals surface area (Å²) in [5.74, 6) is -0.332. The first-order valence-electron chi connectivity index (χ1n) is 8.81. The average molecular weight is 368 g/mol. The van der Waals surface area contributed by atoms with Crippen LogP contribution in [0.15, 0.2) is 70.5 Å². The highest BCUT2D eigenvalue weighted by molar-refractivity contribution is 7.99. The monoisotopic (exact) mass is 368 g/mol. The molecule has 0 heterocycles. The molecule has 1 fully saturated rings. The number of rotatable bonds is 4. The standard InChI is InChI=1S/C22H21FO2S/c1-25-21-7-4-10-22(21,24)17-12-18(23)14-20(13-17)26-19-9-8-15-5-2-3-6-16(15)11-19/h2-3,5-6,8-9,11-14,21,24H,4,7,10H2,1H3. The molecule has 0 amide bonds. The van der Waals surface area contributed by atoms with Gasteiger partial charge in [-0.25, -0.2) is 4.39 Å². The van der Waals surface area contributed by atoms with E-state index < -0.39 is 5.60 Å². The SMILES string of the molecule is COC1CCCC1(O)c1cc(F)cc(Sc2ccc3ccccc3c2)c1. The van der Waals surface area contributed by atoms with Crippen molar-refractivity contribution in [3.63, 3.8) is 0 Å². The molecule has 2 unspecified atom stereocenters. The summed E-state index contributed by atoms with van der Waals surface area (Å²) in [5.41, 5.74) is -0.514. The van der Waals surface area contributed by atoms with Crippen molar-refractivity contribution in [1.82, 2.24) is 0 Å². The minimum Gasteiger partial charge on any atom is -0.382 e. The van der Waals surface area contributed by atoms with E-state index in [0.29, 0.717) is 12.0 Å². The Morgan fingerprint density at radius 2 is 1.85 bits per heavy atom. The Kier molecular flexibility index (Phi) is 4.74. The summed E-state index contributed by atoms with van der Waals surface area (Å²) in [6.45, 7) is 0. The predicted octanol–water partition coefficient (Wildman–Crippen LogP) is 5.52. The van der Waals surface area contributed by atoms with Crippen molar-refractivity contribution in [2.75, 3.05) is 7.11 Å². The fraction of sp³-hybridized carbons (Fsp3) is 0.273. The Balaban J connectivity index is 1.67. The van der Waals surface area contributed by atoms with Gasteiger partial charge in [0.15, 0.2) is 0 Å². The van der Waals surface area contributed by atoms with E-state index in [1.807, 2.05) is 24.3 Å². The van der Waals surface area contributed by atoms with Gasteiger partial charge in [-0.15, -0.1) is 0 Å². The molecule has 0 bridgehead atoms. The maximum atomic E-state index is 14.3. The first-order chi connectivity index (χ1) is 12.6. The summed E-state index contributed by atoms with van der Waals surface area (Å²) in [6.07, 6.45) is 1.97. The number of hydrogen-bond donors (Lipinski definition) is 1. The second-order valence-electron chi connectivity index (χ2n) is 6.83. The van der Waals surface area contributed by atoms with E-state index in [-0.39, 0.29) is 11.9 Å². The lowest BCUT2D eigenvalue weighted by atomic mass is 9.90. The summed E-state index contributed by atoms with van der Waals surface area (Å²) >= 11 is 1.51. The highest BCUT2D eigenvalue weighted by Crippen LogP contribution is 2.42. The minimum absolute atomic E-state index is 0.289. The molecule has 1 saturated carbocycles. The van der Waals surface area contributed by atoms with E-state index in [2.05, 4.69) is 24.3 Å². The smallest absolute Gasteiger partial charge is 0.124 e. The summed E-state index contributed by atoms with van der Waals surface area (Å²) < 4.78 is 19.7. The molecule has 1 aliphatic carbocycles. The number of halogens is 1. The van der Waals surface area contributed by atoms with Crippen LogP contribution in [0.1, 0.15) is 24.8 Å². The van der Waals surface area contributed by atoms with E-state index in [9.17, 15) is 9.50 Å². The quantitative estimate of drug-likeness (QED) is 0.658. The third kappa shape index (κ3) is 3.25. The van der Waals surface area contributed by atoms with E-state index in [4.69, 9.17) is 4.74 Å². The topological polar surface area (TPSA) is 29.5 Å². The zero-order valence-corrected chi connectivity index (χ0v) is 15.4. The molecule has 0 radical (unpaired) electrons. The van der Waals surface area contributed by atoms with Crippen molar-refractivity contribution in [3.8, 4) is 0 Å². The van der Waals surface area contributed by atoms with Gasteiger partial charge in [-0.3, -0.25) is 0 Å². The number of aliphatic hydroxyl groups is 1. The Morgan fingerprint density at radius 3 is 2.65 bits per heavy atom.